The molecular formula is C17H24N2O. The van der Waals surface area contributed by atoms with Crippen molar-refractivity contribution in [1.82, 2.24) is 4.90 Å². The molecule has 0 bridgehead atoms. The molecule has 0 aromatic heterocycles. The fraction of sp³-hybridized carbons (Fsp3) is 0.588. The van der Waals surface area contributed by atoms with Crippen molar-refractivity contribution in [3.05, 3.63) is 35.9 Å². The zero-order chi connectivity index (χ0) is 14.4. The lowest BCUT2D eigenvalue weighted by atomic mass is 9.73. The molecular weight excluding hydrogens is 248 g/mol. The minimum absolute atomic E-state index is 0.0909. The van der Waals surface area contributed by atoms with Gasteiger partial charge in [0.2, 0.25) is 0 Å². The van der Waals surface area contributed by atoms with E-state index in [1.54, 1.807) is 0 Å². The van der Waals surface area contributed by atoms with Gasteiger partial charge < -0.3 is 5.11 Å². The molecule has 1 aromatic carbocycles. The Balaban J connectivity index is 2.04. The Morgan fingerprint density at radius 2 is 1.95 bits per heavy atom. The molecule has 3 heteroatoms. The largest absolute Gasteiger partial charge is 0.394 e. The van der Waals surface area contributed by atoms with Crippen molar-refractivity contribution in [1.29, 1.82) is 5.26 Å². The topological polar surface area (TPSA) is 47.3 Å². The van der Waals surface area contributed by atoms with Crippen molar-refractivity contribution < 1.29 is 5.11 Å². The molecule has 1 unspecified atom stereocenters. The van der Waals surface area contributed by atoms with E-state index in [0.29, 0.717) is 6.42 Å². The third-order valence-electron chi connectivity index (χ3n) is 4.86. The van der Waals surface area contributed by atoms with Crippen LogP contribution in [0.25, 0.3) is 0 Å². The summed E-state index contributed by atoms with van der Waals surface area (Å²) in [5.74, 6) is 0. The van der Waals surface area contributed by atoms with E-state index in [1.165, 1.54) is 5.56 Å². The monoisotopic (exact) mass is 272 g/mol. The Morgan fingerprint density at radius 1 is 1.30 bits per heavy atom. The van der Waals surface area contributed by atoms with Gasteiger partial charge in [0, 0.05) is 6.42 Å². The van der Waals surface area contributed by atoms with E-state index in [1.807, 2.05) is 18.2 Å². The van der Waals surface area contributed by atoms with Crippen LogP contribution in [0.5, 0.6) is 0 Å². The van der Waals surface area contributed by atoms with Gasteiger partial charge in [-0.3, -0.25) is 4.90 Å². The van der Waals surface area contributed by atoms with Crippen molar-refractivity contribution >= 4 is 0 Å². The number of nitriles is 1. The lowest BCUT2D eigenvalue weighted by molar-refractivity contribution is 0.0468. The second-order valence-electron chi connectivity index (χ2n) is 5.83. The molecule has 1 saturated heterocycles. The molecule has 3 nitrogen and oxygen atoms in total. The Bertz CT molecular complexity index is 444. The van der Waals surface area contributed by atoms with Crippen molar-refractivity contribution in [3.63, 3.8) is 0 Å². The predicted molar refractivity (Wildman–Crippen MR) is 80.0 cm³/mol. The number of benzene rings is 1. The summed E-state index contributed by atoms with van der Waals surface area (Å²) in [6.07, 6.45) is 3.84. The van der Waals surface area contributed by atoms with E-state index in [-0.39, 0.29) is 18.1 Å². The number of rotatable bonds is 5. The minimum Gasteiger partial charge on any atom is -0.394 e. The second-order valence-corrected chi connectivity index (χ2v) is 5.83. The molecule has 1 heterocycles. The van der Waals surface area contributed by atoms with Crippen LogP contribution in [0.2, 0.25) is 0 Å². The highest BCUT2D eigenvalue weighted by atomic mass is 16.3. The van der Waals surface area contributed by atoms with E-state index in [9.17, 15) is 5.11 Å². The maximum atomic E-state index is 9.73. The van der Waals surface area contributed by atoms with Crippen molar-refractivity contribution in [2.24, 2.45) is 5.41 Å². The first-order chi connectivity index (χ1) is 9.74. The summed E-state index contributed by atoms with van der Waals surface area (Å²) in [7, 11) is 0. The number of nitrogens with zero attached hydrogens (tertiary/aromatic N) is 2. The van der Waals surface area contributed by atoms with Gasteiger partial charge in [0.15, 0.2) is 0 Å². The maximum Gasteiger partial charge on any atom is 0.0628 e. The summed E-state index contributed by atoms with van der Waals surface area (Å²) in [5, 5.41) is 18.7. The average Bonchev–Trinajstić information content (AvgIpc) is 2.51. The Labute approximate surface area is 121 Å². The van der Waals surface area contributed by atoms with Crippen molar-refractivity contribution in [2.75, 3.05) is 19.7 Å². The maximum absolute atomic E-state index is 9.73. The summed E-state index contributed by atoms with van der Waals surface area (Å²) < 4.78 is 0. The highest BCUT2D eigenvalue weighted by Gasteiger charge is 2.35. The summed E-state index contributed by atoms with van der Waals surface area (Å²) in [4.78, 5) is 2.36. The molecule has 0 radical (unpaired) electrons. The average molecular weight is 272 g/mol. The minimum atomic E-state index is 0.0909. The zero-order valence-corrected chi connectivity index (χ0v) is 12.3. The normalized spacial score (nSPS) is 20.2. The van der Waals surface area contributed by atoms with Gasteiger partial charge in [0.05, 0.1) is 18.7 Å². The highest BCUT2D eigenvalue weighted by Crippen LogP contribution is 2.39. The summed E-state index contributed by atoms with van der Waals surface area (Å²) in [6.45, 7) is 4.28. The third kappa shape index (κ3) is 3.20. The van der Waals surface area contributed by atoms with Gasteiger partial charge in [-0.2, -0.15) is 5.26 Å². The van der Waals surface area contributed by atoms with Crippen LogP contribution in [0, 0.1) is 16.7 Å². The van der Waals surface area contributed by atoms with Gasteiger partial charge in [-0.1, -0.05) is 37.3 Å². The van der Waals surface area contributed by atoms with Crippen LogP contribution in [0.3, 0.4) is 0 Å². The summed E-state index contributed by atoms with van der Waals surface area (Å²) in [5.41, 5.74) is 1.38. The SMILES string of the molecule is CCC1(CC#N)CCN(C(CO)c2ccccc2)CC1. The number of piperidine rings is 1. The fourth-order valence-corrected chi connectivity index (χ4v) is 3.24. The lowest BCUT2D eigenvalue weighted by Crippen LogP contribution is -2.42. The molecule has 1 aliphatic heterocycles. The first-order valence-corrected chi connectivity index (χ1v) is 7.51. The smallest absolute Gasteiger partial charge is 0.0628 e. The van der Waals surface area contributed by atoms with Crippen LogP contribution in [0.15, 0.2) is 30.3 Å². The molecule has 1 atom stereocenters. The lowest BCUT2D eigenvalue weighted by Gasteiger charge is -2.43. The number of likely N-dealkylation sites (tertiary alicyclic amines) is 1. The van der Waals surface area contributed by atoms with E-state index in [4.69, 9.17) is 5.26 Å². The quantitative estimate of drug-likeness (QED) is 0.896. The number of aliphatic hydroxyl groups is 1. The highest BCUT2D eigenvalue weighted by molar-refractivity contribution is 5.19. The van der Waals surface area contributed by atoms with Crippen molar-refractivity contribution in [2.45, 2.75) is 38.6 Å². The zero-order valence-electron chi connectivity index (χ0n) is 12.3. The molecule has 1 N–H and O–H groups in total. The van der Waals surface area contributed by atoms with Gasteiger partial charge in [0.25, 0.3) is 0 Å². The third-order valence-corrected chi connectivity index (χ3v) is 4.86. The standard InChI is InChI=1S/C17H24N2O/c1-2-17(8-11-18)9-12-19(13-10-17)16(14-20)15-6-4-3-5-7-15/h3-7,16,20H,2,8-10,12-14H2,1H3. The van der Waals surface area contributed by atoms with E-state index in [0.717, 1.165) is 32.4 Å². The van der Waals surface area contributed by atoms with Gasteiger partial charge in [-0.15, -0.1) is 0 Å². The summed E-state index contributed by atoms with van der Waals surface area (Å²) in [6, 6.07) is 12.7. The second kappa shape index (κ2) is 6.88. The molecule has 0 saturated carbocycles. The molecule has 1 aliphatic rings. The van der Waals surface area contributed by atoms with Crippen LogP contribution in [0.1, 0.15) is 44.2 Å². The van der Waals surface area contributed by atoms with Crippen molar-refractivity contribution in [3.8, 4) is 6.07 Å². The van der Waals surface area contributed by atoms with Crippen LogP contribution in [0.4, 0.5) is 0 Å². The predicted octanol–water partition coefficient (Wildman–Crippen LogP) is 3.13. The van der Waals surface area contributed by atoms with E-state index < -0.39 is 0 Å². The van der Waals surface area contributed by atoms with Crippen LogP contribution in [-0.4, -0.2) is 29.7 Å². The van der Waals surface area contributed by atoms with Crippen LogP contribution >= 0.6 is 0 Å². The number of aliphatic hydroxyl groups excluding tert-OH is 1. The molecule has 0 spiro atoms. The van der Waals surface area contributed by atoms with Crippen LogP contribution < -0.4 is 0 Å². The van der Waals surface area contributed by atoms with E-state index >= 15 is 0 Å². The fourth-order valence-electron chi connectivity index (χ4n) is 3.24. The first kappa shape index (κ1) is 15.0. The molecule has 0 amide bonds. The Hall–Kier alpha value is -1.37. The van der Waals surface area contributed by atoms with Gasteiger partial charge in [0.1, 0.15) is 0 Å². The van der Waals surface area contributed by atoms with Gasteiger partial charge in [-0.25, -0.2) is 0 Å². The molecule has 108 valence electrons. The van der Waals surface area contributed by atoms with Crippen LogP contribution in [-0.2, 0) is 0 Å². The number of hydrogen-bond donors (Lipinski definition) is 1. The first-order valence-electron chi connectivity index (χ1n) is 7.51. The van der Waals surface area contributed by atoms with Gasteiger partial charge in [-0.05, 0) is 43.3 Å². The molecule has 20 heavy (non-hydrogen) atoms. The molecule has 2 rings (SSSR count). The van der Waals surface area contributed by atoms with E-state index in [2.05, 4.69) is 30.0 Å². The summed E-state index contributed by atoms with van der Waals surface area (Å²) >= 11 is 0. The Kier molecular flexibility index (Phi) is 5.17. The molecule has 1 fully saturated rings. The van der Waals surface area contributed by atoms with Gasteiger partial charge >= 0.3 is 0 Å². The molecule has 0 aliphatic carbocycles. The Morgan fingerprint density at radius 3 is 2.45 bits per heavy atom. The molecule has 1 aromatic rings. The number of hydrogen-bond acceptors (Lipinski definition) is 3.